The first-order valence-electron chi connectivity index (χ1n) is 7.63. The molecule has 2 rings (SSSR count). The number of carbonyl (C=O) groups excluding carboxylic acids is 1. The molecule has 136 valence electrons. The Labute approximate surface area is 157 Å². The lowest BCUT2D eigenvalue weighted by Gasteiger charge is -2.06. The highest BCUT2D eigenvalue weighted by Crippen LogP contribution is 2.21. The van der Waals surface area contributed by atoms with Crippen LogP contribution in [0.5, 0.6) is 0 Å². The lowest BCUT2D eigenvalue weighted by molar-refractivity contribution is -0.389. The van der Waals surface area contributed by atoms with E-state index in [0.717, 1.165) is 22.3 Å². The van der Waals surface area contributed by atoms with Gasteiger partial charge in [-0.15, -0.1) is 0 Å². The summed E-state index contributed by atoms with van der Waals surface area (Å²) in [4.78, 5) is 21.8. The van der Waals surface area contributed by atoms with Gasteiger partial charge in [-0.2, -0.15) is 9.78 Å². The van der Waals surface area contributed by atoms with Gasteiger partial charge in [0, 0.05) is 25.2 Å². The molecular formula is C14H18BrClN6O3. The molecule has 0 fully saturated rings. The van der Waals surface area contributed by atoms with Crippen LogP contribution < -0.4 is 5.32 Å². The summed E-state index contributed by atoms with van der Waals surface area (Å²) in [7, 11) is 0. The lowest BCUT2D eigenvalue weighted by Crippen LogP contribution is -2.26. The van der Waals surface area contributed by atoms with Gasteiger partial charge in [0.05, 0.1) is 28.0 Å². The van der Waals surface area contributed by atoms with E-state index in [1.54, 1.807) is 0 Å². The summed E-state index contributed by atoms with van der Waals surface area (Å²) in [5.41, 5.74) is 1.99. The minimum Gasteiger partial charge on any atom is -0.358 e. The monoisotopic (exact) mass is 432 g/mol. The highest BCUT2D eigenvalue weighted by molar-refractivity contribution is 9.10. The van der Waals surface area contributed by atoms with Crippen LogP contribution in [0.25, 0.3) is 0 Å². The third kappa shape index (κ3) is 5.02. The maximum atomic E-state index is 11.8. The number of hydrogen-bond donors (Lipinski definition) is 1. The van der Waals surface area contributed by atoms with Crippen molar-refractivity contribution in [3.63, 3.8) is 0 Å². The van der Waals surface area contributed by atoms with Crippen molar-refractivity contribution in [2.75, 3.05) is 6.54 Å². The van der Waals surface area contributed by atoms with Gasteiger partial charge in [-0.3, -0.25) is 9.48 Å². The Morgan fingerprint density at radius 2 is 2.12 bits per heavy atom. The van der Waals surface area contributed by atoms with Crippen molar-refractivity contribution in [2.24, 2.45) is 0 Å². The molecule has 0 unspecified atom stereocenters. The zero-order valence-electron chi connectivity index (χ0n) is 13.8. The summed E-state index contributed by atoms with van der Waals surface area (Å²) in [5, 5.41) is 21.6. The predicted octanol–water partition coefficient (Wildman–Crippen LogP) is 2.62. The summed E-state index contributed by atoms with van der Waals surface area (Å²) in [6, 6.07) is 0. The number of aromatic nitrogens is 4. The van der Waals surface area contributed by atoms with Gasteiger partial charge in [0.25, 0.3) is 0 Å². The fourth-order valence-corrected chi connectivity index (χ4v) is 2.78. The van der Waals surface area contributed by atoms with Crippen molar-refractivity contribution in [1.82, 2.24) is 24.9 Å². The smallest absolute Gasteiger partial charge is 0.358 e. The molecule has 25 heavy (non-hydrogen) atoms. The predicted molar refractivity (Wildman–Crippen MR) is 95.5 cm³/mol. The van der Waals surface area contributed by atoms with Crippen molar-refractivity contribution < 1.29 is 9.72 Å². The van der Waals surface area contributed by atoms with E-state index in [2.05, 4.69) is 31.4 Å². The first-order chi connectivity index (χ1) is 11.8. The Hall–Kier alpha value is -1.94. The Kier molecular flexibility index (Phi) is 6.54. The van der Waals surface area contributed by atoms with Gasteiger partial charge >= 0.3 is 5.82 Å². The van der Waals surface area contributed by atoms with Crippen LogP contribution in [0.2, 0.25) is 5.02 Å². The number of nitro groups is 1. The molecule has 0 saturated heterocycles. The second-order valence-corrected chi connectivity index (χ2v) is 6.68. The van der Waals surface area contributed by atoms with Gasteiger partial charge < -0.3 is 15.4 Å². The van der Waals surface area contributed by atoms with Crippen LogP contribution in [-0.4, -0.2) is 36.9 Å². The number of nitrogens with zero attached hydrogens (tertiary/aromatic N) is 5. The quantitative estimate of drug-likeness (QED) is 0.391. The molecule has 2 heterocycles. The second-order valence-electron chi connectivity index (χ2n) is 5.48. The standard InChI is InChI=1S/C14H18BrClN6O3/c1-9-13(15)10(2)21(18-9)6-3-5-17-12(23)4-7-20-8-11(16)14(19-20)22(24)25/h8H,3-7H2,1-2H3,(H,17,23). The van der Waals surface area contributed by atoms with E-state index in [-0.39, 0.29) is 23.9 Å². The molecule has 0 radical (unpaired) electrons. The van der Waals surface area contributed by atoms with Crippen molar-refractivity contribution in [2.45, 2.75) is 39.8 Å². The fourth-order valence-electron chi connectivity index (χ4n) is 2.28. The number of carbonyl (C=O) groups is 1. The number of amides is 1. The van der Waals surface area contributed by atoms with Crippen LogP contribution in [0.4, 0.5) is 5.82 Å². The van der Waals surface area contributed by atoms with Gasteiger partial charge in [-0.1, -0.05) is 11.6 Å². The normalized spacial score (nSPS) is 10.9. The molecule has 9 nitrogen and oxygen atoms in total. The van der Waals surface area contributed by atoms with Crippen LogP contribution >= 0.6 is 27.5 Å². The molecule has 11 heteroatoms. The summed E-state index contributed by atoms with van der Waals surface area (Å²) in [5.74, 6) is -0.554. The van der Waals surface area contributed by atoms with Gasteiger partial charge in [-0.05, 0) is 41.1 Å². The maximum Gasteiger partial charge on any atom is 0.408 e. The number of nitrogens with one attached hydrogen (secondary N) is 1. The molecule has 0 aliphatic heterocycles. The summed E-state index contributed by atoms with van der Waals surface area (Å²) in [6.07, 6.45) is 2.26. The SMILES string of the molecule is Cc1nn(CCCNC(=O)CCn2cc(Cl)c([N+](=O)[O-])n2)c(C)c1Br. The van der Waals surface area contributed by atoms with Crippen molar-refractivity contribution in [3.8, 4) is 0 Å². The van der Waals surface area contributed by atoms with E-state index in [9.17, 15) is 14.9 Å². The van der Waals surface area contributed by atoms with Crippen LogP contribution in [0.3, 0.4) is 0 Å². The minimum absolute atomic E-state index is 0.0403. The topological polar surface area (TPSA) is 108 Å². The highest BCUT2D eigenvalue weighted by atomic mass is 79.9. The fraction of sp³-hybridized carbons (Fsp3) is 0.500. The van der Waals surface area contributed by atoms with E-state index in [1.807, 2.05) is 18.5 Å². The van der Waals surface area contributed by atoms with Gasteiger partial charge in [0.2, 0.25) is 5.91 Å². The second kappa shape index (κ2) is 8.43. The number of aryl methyl sites for hydroxylation is 3. The van der Waals surface area contributed by atoms with Gasteiger partial charge in [0.15, 0.2) is 5.02 Å². The largest absolute Gasteiger partial charge is 0.408 e. The van der Waals surface area contributed by atoms with E-state index in [1.165, 1.54) is 10.9 Å². The van der Waals surface area contributed by atoms with Crippen molar-refractivity contribution >= 4 is 39.3 Å². The number of hydrogen-bond acceptors (Lipinski definition) is 5. The Morgan fingerprint density at radius 1 is 1.40 bits per heavy atom. The van der Waals surface area contributed by atoms with Crippen LogP contribution in [0.1, 0.15) is 24.2 Å². The zero-order valence-corrected chi connectivity index (χ0v) is 16.2. The van der Waals surface area contributed by atoms with Crippen molar-refractivity contribution in [3.05, 3.63) is 37.2 Å². The minimum atomic E-state index is -0.657. The average molecular weight is 434 g/mol. The Morgan fingerprint density at radius 3 is 2.68 bits per heavy atom. The molecule has 1 amide bonds. The van der Waals surface area contributed by atoms with Gasteiger partial charge in [0.1, 0.15) is 0 Å². The van der Waals surface area contributed by atoms with Crippen LogP contribution in [0, 0.1) is 24.0 Å². The number of rotatable bonds is 8. The molecule has 1 N–H and O–H groups in total. The first kappa shape index (κ1) is 19.4. The Balaban J connectivity index is 1.71. The molecule has 0 saturated carbocycles. The molecule has 2 aromatic heterocycles. The van der Waals surface area contributed by atoms with E-state index in [4.69, 9.17) is 11.6 Å². The molecule has 0 bridgehead atoms. The third-order valence-corrected chi connectivity index (χ3v) is 5.02. The maximum absolute atomic E-state index is 11.8. The van der Waals surface area contributed by atoms with E-state index in [0.29, 0.717) is 13.1 Å². The summed E-state index contributed by atoms with van der Waals surface area (Å²) < 4.78 is 4.20. The number of halogens is 2. The molecule has 0 aromatic carbocycles. The summed E-state index contributed by atoms with van der Waals surface area (Å²) in [6.45, 7) is 5.37. The van der Waals surface area contributed by atoms with Crippen LogP contribution in [0.15, 0.2) is 10.7 Å². The average Bonchev–Trinajstić information content (AvgIpc) is 3.05. The summed E-state index contributed by atoms with van der Waals surface area (Å²) >= 11 is 9.18. The molecule has 0 aliphatic carbocycles. The van der Waals surface area contributed by atoms with E-state index >= 15 is 0 Å². The lowest BCUT2D eigenvalue weighted by atomic mass is 10.3. The highest BCUT2D eigenvalue weighted by Gasteiger charge is 2.19. The van der Waals surface area contributed by atoms with Crippen molar-refractivity contribution in [1.29, 1.82) is 0 Å². The zero-order chi connectivity index (χ0) is 18.6. The molecule has 0 aliphatic rings. The molecule has 0 spiro atoms. The third-order valence-electron chi connectivity index (χ3n) is 3.60. The van der Waals surface area contributed by atoms with Crippen LogP contribution in [-0.2, 0) is 17.9 Å². The van der Waals surface area contributed by atoms with Gasteiger partial charge in [-0.25, -0.2) is 0 Å². The molecular weight excluding hydrogens is 416 g/mol. The van der Waals surface area contributed by atoms with E-state index < -0.39 is 10.7 Å². The first-order valence-corrected chi connectivity index (χ1v) is 8.80. The molecule has 0 atom stereocenters. The molecule has 2 aromatic rings. The Bertz CT molecular complexity index is 788.